The van der Waals surface area contributed by atoms with E-state index in [1.54, 1.807) is 37.1 Å². The third kappa shape index (κ3) is 5.13. The Balaban J connectivity index is 0.00000256. The van der Waals surface area contributed by atoms with E-state index in [2.05, 4.69) is 0 Å². The first-order valence-corrected chi connectivity index (χ1v) is 5.61. The van der Waals surface area contributed by atoms with Crippen molar-refractivity contribution in [3.8, 4) is 0 Å². The van der Waals surface area contributed by atoms with Crippen LogP contribution in [0.4, 0.5) is 0 Å². The number of rotatable bonds is 3. The number of nitrogens with zero attached hydrogens (tertiary/aromatic N) is 1. The van der Waals surface area contributed by atoms with Gasteiger partial charge in [-0.2, -0.15) is 0 Å². The van der Waals surface area contributed by atoms with Crippen molar-refractivity contribution in [2.24, 2.45) is 5.73 Å². The molecule has 0 radical (unpaired) electrons. The minimum atomic E-state index is -0.500. The number of hydrogen-bond acceptors (Lipinski definition) is 2. The number of carbonyl (C=O) groups is 1. The lowest BCUT2D eigenvalue weighted by Gasteiger charge is -2.19. The fourth-order valence-corrected chi connectivity index (χ4v) is 1.97. The molecule has 0 fully saturated rings. The summed E-state index contributed by atoms with van der Waals surface area (Å²) >= 11 is 11.7. The van der Waals surface area contributed by atoms with Crippen LogP contribution in [0.3, 0.4) is 0 Å². The topological polar surface area (TPSA) is 46.3 Å². The first-order valence-electron chi connectivity index (χ1n) is 4.85. The molecule has 0 aliphatic carbocycles. The highest BCUT2D eigenvalue weighted by Crippen LogP contribution is 2.19. The van der Waals surface area contributed by atoms with E-state index < -0.39 is 6.04 Å². The summed E-state index contributed by atoms with van der Waals surface area (Å²) in [6.07, 6.45) is 0. The van der Waals surface area contributed by atoms with Gasteiger partial charge in [-0.1, -0.05) is 23.2 Å². The van der Waals surface area contributed by atoms with Crippen LogP contribution < -0.4 is 5.73 Å². The molecule has 0 aliphatic heterocycles. The molecule has 0 unspecified atom stereocenters. The molecule has 0 saturated carbocycles. The van der Waals surface area contributed by atoms with Crippen molar-refractivity contribution in [1.29, 1.82) is 0 Å². The number of nitrogens with two attached hydrogens (primary N) is 1. The second-order valence-corrected chi connectivity index (χ2v) is 4.63. The van der Waals surface area contributed by atoms with E-state index in [-0.39, 0.29) is 18.3 Å². The fraction of sp³-hybridized carbons (Fsp3) is 0.364. The summed E-state index contributed by atoms with van der Waals surface area (Å²) in [6, 6.07) is 4.70. The van der Waals surface area contributed by atoms with E-state index in [1.165, 1.54) is 0 Å². The van der Waals surface area contributed by atoms with Crippen LogP contribution in [0, 0.1) is 0 Å². The van der Waals surface area contributed by atoms with Crippen molar-refractivity contribution >= 4 is 41.5 Å². The Labute approximate surface area is 117 Å². The molecular formula is C11H15Cl3N2O. The van der Waals surface area contributed by atoms with E-state index in [4.69, 9.17) is 28.9 Å². The fourth-order valence-electron chi connectivity index (χ4n) is 1.40. The van der Waals surface area contributed by atoms with E-state index >= 15 is 0 Å². The van der Waals surface area contributed by atoms with Gasteiger partial charge in [-0.15, -0.1) is 12.4 Å². The van der Waals surface area contributed by atoms with Crippen molar-refractivity contribution in [3.05, 3.63) is 33.8 Å². The second-order valence-electron chi connectivity index (χ2n) is 3.76. The maximum absolute atomic E-state index is 11.6. The van der Waals surface area contributed by atoms with Gasteiger partial charge in [-0.05, 0) is 30.7 Å². The zero-order valence-corrected chi connectivity index (χ0v) is 11.9. The first-order chi connectivity index (χ1) is 7.40. The van der Waals surface area contributed by atoms with Gasteiger partial charge in [0.1, 0.15) is 0 Å². The summed E-state index contributed by atoms with van der Waals surface area (Å²) < 4.78 is 0. The summed E-state index contributed by atoms with van der Waals surface area (Å²) in [6.45, 7) is 2.10. The Hall–Kier alpha value is -0.480. The molecule has 1 amide bonds. The molecule has 1 aromatic carbocycles. The number of hydrogen-bond donors (Lipinski definition) is 1. The van der Waals surface area contributed by atoms with Gasteiger partial charge in [-0.25, -0.2) is 0 Å². The van der Waals surface area contributed by atoms with Crippen LogP contribution >= 0.6 is 35.6 Å². The molecule has 1 aromatic rings. The molecule has 0 bridgehead atoms. The van der Waals surface area contributed by atoms with Crippen molar-refractivity contribution in [2.75, 3.05) is 7.05 Å². The molecule has 0 saturated heterocycles. The van der Waals surface area contributed by atoms with Crippen molar-refractivity contribution in [3.63, 3.8) is 0 Å². The second kappa shape index (κ2) is 7.07. The molecular weight excluding hydrogens is 282 g/mol. The molecule has 0 spiro atoms. The highest BCUT2D eigenvalue weighted by Gasteiger charge is 2.13. The molecule has 17 heavy (non-hydrogen) atoms. The number of halogens is 3. The Bertz CT molecular complexity index is 376. The van der Waals surface area contributed by atoms with Crippen molar-refractivity contribution < 1.29 is 4.79 Å². The number of likely N-dealkylation sites (N-methyl/N-ethyl adjacent to an activating group) is 1. The Morgan fingerprint density at radius 3 is 2.24 bits per heavy atom. The Morgan fingerprint density at radius 1 is 1.35 bits per heavy atom. The maximum Gasteiger partial charge on any atom is 0.239 e. The molecule has 2 N–H and O–H groups in total. The molecule has 1 rings (SSSR count). The zero-order chi connectivity index (χ0) is 12.3. The van der Waals surface area contributed by atoms with Crippen molar-refractivity contribution in [2.45, 2.75) is 19.5 Å². The molecule has 0 heterocycles. The highest BCUT2D eigenvalue weighted by molar-refractivity contribution is 6.34. The smallest absolute Gasteiger partial charge is 0.239 e. The quantitative estimate of drug-likeness (QED) is 0.932. The zero-order valence-electron chi connectivity index (χ0n) is 9.61. The lowest BCUT2D eigenvalue weighted by Crippen LogP contribution is -2.39. The third-order valence-electron chi connectivity index (χ3n) is 2.11. The third-order valence-corrected chi connectivity index (χ3v) is 2.54. The highest BCUT2D eigenvalue weighted by atomic mass is 35.5. The van der Waals surface area contributed by atoms with Crippen LogP contribution in [0.1, 0.15) is 12.5 Å². The van der Waals surface area contributed by atoms with Crippen LogP contribution in [0.15, 0.2) is 18.2 Å². The number of benzene rings is 1. The van der Waals surface area contributed by atoms with Gasteiger partial charge in [0.05, 0.1) is 6.04 Å². The van der Waals surface area contributed by atoms with Gasteiger partial charge in [0.15, 0.2) is 0 Å². The molecule has 0 aliphatic rings. The lowest BCUT2D eigenvalue weighted by molar-refractivity contribution is -0.131. The Morgan fingerprint density at radius 2 is 1.82 bits per heavy atom. The summed E-state index contributed by atoms with van der Waals surface area (Å²) in [5, 5.41) is 1.12. The molecule has 96 valence electrons. The van der Waals surface area contributed by atoms with Gasteiger partial charge < -0.3 is 10.6 Å². The summed E-state index contributed by atoms with van der Waals surface area (Å²) in [4.78, 5) is 13.1. The van der Waals surface area contributed by atoms with Crippen molar-refractivity contribution in [1.82, 2.24) is 4.90 Å². The number of carbonyl (C=O) groups excluding carboxylic acids is 1. The Kier molecular flexibility index (Phi) is 6.87. The molecule has 3 nitrogen and oxygen atoms in total. The van der Waals surface area contributed by atoms with Crippen LogP contribution in [0.2, 0.25) is 10.0 Å². The minimum Gasteiger partial charge on any atom is -0.340 e. The van der Waals surface area contributed by atoms with Gasteiger partial charge in [0.25, 0.3) is 0 Å². The summed E-state index contributed by atoms with van der Waals surface area (Å²) in [7, 11) is 1.69. The summed E-state index contributed by atoms with van der Waals surface area (Å²) in [5.74, 6) is -0.115. The first kappa shape index (κ1) is 16.5. The van der Waals surface area contributed by atoms with Crippen LogP contribution in [0.25, 0.3) is 0 Å². The standard InChI is InChI=1S/C11H14Cl2N2O.ClH/c1-7(14)11(16)15(2)6-8-3-9(12)5-10(13)4-8;/h3-5,7H,6,14H2,1-2H3;1H/t7-;/m0./s1. The molecule has 0 aromatic heterocycles. The van der Waals surface area contributed by atoms with Crippen LogP contribution in [-0.2, 0) is 11.3 Å². The van der Waals surface area contributed by atoms with Crippen LogP contribution in [-0.4, -0.2) is 23.9 Å². The average molecular weight is 298 g/mol. The minimum absolute atomic E-state index is 0. The van der Waals surface area contributed by atoms with E-state index in [9.17, 15) is 4.79 Å². The predicted octanol–water partition coefficient (Wildman–Crippen LogP) is 2.72. The SMILES string of the molecule is C[C@H](N)C(=O)N(C)Cc1cc(Cl)cc(Cl)c1.Cl. The van der Waals surface area contributed by atoms with Crippen LogP contribution in [0.5, 0.6) is 0 Å². The number of amides is 1. The van der Waals surface area contributed by atoms with E-state index in [0.717, 1.165) is 5.56 Å². The van der Waals surface area contributed by atoms with Gasteiger partial charge >= 0.3 is 0 Å². The molecule has 1 atom stereocenters. The van der Waals surface area contributed by atoms with E-state index in [0.29, 0.717) is 16.6 Å². The predicted molar refractivity (Wildman–Crippen MR) is 73.8 cm³/mol. The summed E-state index contributed by atoms with van der Waals surface area (Å²) in [5.41, 5.74) is 6.39. The largest absolute Gasteiger partial charge is 0.340 e. The van der Waals surface area contributed by atoms with Gasteiger partial charge in [0.2, 0.25) is 5.91 Å². The van der Waals surface area contributed by atoms with Gasteiger partial charge in [0, 0.05) is 23.6 Å². The van der Waals surface area contributed by atoms with Gasteiger partial charge in [-0.3, -0.25) is 4.79 Å². The normalized spacial score (nSPS) is 11.6. The lowest BCUT2D eigenvalue weighted by atomic mass is 10.2. The van der Waals surface area contributed by atoms with E-state index in [1.807, 2.05) is 0 Å². The molecule has 6 heteroatoms. The monoisotopic (exact) mass is 296 g/mol. The average Bonchev–Trinajstić information content (AvgIpc) is 2.14. The maximum atomic E-state index is 11.6.